The van der Waals surface area contributed by atoms with Gasteiger partial charge in [0.2, 0.25) is 0 Å². The quantitative estimate of drug-likeness (QED) is 0.103. The molecule has 2 nitrogen and oxygen atoms in total. The van der Waals surface area contributed by atoms with E-state index in [1.165, 1.54) is 83.5 Å². The molecule has 0 bridgehead atoms. The molecule has 0 aromatic carbocycles. The average molecular weight is 462 g/mol. The molecule has 0 aliphatic carbocycles. The maximum absolute atomic E-state index is 12.5. The van der Waals surface area contributed by atoms with Crippen LogP contribution < -0.4 is 0 Å². The first-order valence-electron chi connectivity index (χ1n) is 12.2. The smallest absolute Gasteiger partial charge is 0.311 e. The van der Waals surface area contributed by atoms with Crippen molar-refractivity contribution in [1.29, 1.82) is 0 Å². The van der Waals surface area contributed by atoms with Crippen molar-refractivity contribution in [3.63, 3.8) is 0 Å². The Bertz CT molecular complexity index is 342. The van der Waals surface area contributed by atoms with Gasteiger partial charge in [-0.15, -0.1) is 0 Å². The van der Waals surface area contributed by atoms with Crippen LogP contribution in [0.1, 0.15) is 130 Å². The van der Waals surface area contributed by atoms with E-state index in [1.54, 1.807) is 0 Å². The number of hydrogen-bond donors (Lipinski definition) is 0. The van der Waals surface area contributed by atoms with Crippen molar-refractivity contribution in [2.75, 3.05) is 11.9 Å². The lowest BCUT2D eigenvalue weighted by atomic mass is 9.87. The van der Waals surface area contributed by atoms with Crippen molar-refractivity contribution < 1.29 is 9.53 Å². The molecular formula is C25H49BrO2. The summed E-state index contributed by atoms with van der Waals surface area (Å²) < 4.78 is 5.72. The van der Waals surface area contributed by atoms with Crippen LogP contribution in [0.4, 0.5) is 0 Å². The molecule has 0 aromatic heterocycles. The van der Waals surface area contributed by atoms with E-state index in [-0.39, 0.29) is 11.4 Å². The standard InChI is InChI=1S/C25H49BrO2/c1-5-7-9-13-17-23(18-14-10-8-6-2)19-22-28-24(27)25(3,4)20-15-11-12-16-21-26/h23H,5-22H2,1-4H3. The molecule has 0 aromatic rings. The fraction of sp³-hybridized carbons (Fsp3) is 0.960. The van der Waals surface area contributed by atoms with Crippen LogP contribution in [0.2, 0.25) is 0 Å². The van der Waals surface area contributed by atoms with Gasteiger partial charge in [-0.05, 0) is 39.0 Å². The third kappa shape index (κ3) is 15.8. The fourth-order valence-electron chi connectivity index (χ4n) is 3.78. The number of esters is 1. The average Bonchev–Trinajstić information content (AvgIpc) is 2.67. The number of carbonyl (C=O) groups is 1. The minimum atomic E-state index is -0.341. The minimum absolute atomic E-state index is 0.00343. The Morgan fingerprint density at radius 3 is 1.86 bits per heavy atom. The first-order valence-corrected chi connectivity index (χ1v) is 13.3. The molecule has 28 heavy (non-hydrogen) atoms. The largest absolute Gasteiger partial charge is 0.465 e. The first-order chi connectivity index (χ1) is 13.5. The molecule has 0 rings (SSSR count). The second kappa shape index (κ2) is 18.9. The van der Waals surface area contributed by atoms with E-state index < -0.39 is 0 Å². The maximum atomic E-state index is 12.5. The molecule has 3 heteroatoms. The van der Waals surface area contributed by atoms with Crippen LogP contribution in [-0.2, 0) is 9.53 Å². The van der Waals surface area contributed by atoms with Crippen molar-refractivity contribution >= 4 is 21.9 Å². The Kier molecular flexibility index (Phi) is 18.9. The van der Waals surface area contributed by atoms with Gasteiger partial charge < -0.3 is 4.74 Å². The van der Waals surface area contributed by atoms with Gasteiger partial charge in [0.05, 0.1) is 12.0 Å². The normalized spacial score (nSPS) is 11.9. The summed E-state index contributed by atoms with van der Waals surface area (Å²) in [5.74, 6) is 0.734. The molecule has 0 atom stereocenters. The highest BCUT2D eigenvalue weighted by Crippen LogP contribution is 2.27. The lowest BCUT2D eigenvalue weighted by Crippen LogP contribution is -2.27. The van der Waals surface area contributed by atoms with E-state index in [0.717, 1.165) is 30.5 Å². The number of alkyl halides is 1. The Morgan fingerprint density at radius 2 is 1.32 bits per heavy atom. The summed E-state index contributed by atoms with van der Waals surface area (Å²) in [6.45, 7) is 9.24. The number of rotatable bonds is 20. The summed E-state index contributed by atoms with van der Waals surface area (Å²) >= 11 is 3.48. The van der Waals surface area contributed by atoms with Crippen LogP contribution in [0, 0.1) is 11.3 Å². The molecule has 0 saturated heterocycles. The van der Waals surface area contributed by atoms with E-state index in [4.69, 9.17) is 4.74 Å². The number of unbranched alkanes of at least 4 members (excludes halogenated alkanes) is 9. The Morgan fingerprint density at radius 1 is 0.786 bits per heavy atom. The van der Waals surface area contributed by atoms with Crippen molar-refractivity contribution in [3.05, 3.63) is 0 Å². The summed E-state index contributed by atoms with van der Waals surface area (Å²) in [6, 6.07) is 0. The molecule has 0 spiro atoms. The second-order valence-electron chi connectivity index (χ2n) is 9.23. The van der Waals surface area contributed by atoms with Gasteiger partial charge in [0.15, 0.2) is 0 Å². The Balaban J connectivity index is 4.17. The zero-order valence-corrected chi connectivity index (χ0v) is 21.1. The van der Waals surface area contributed by atoms with Gasteiger partial charge in [-0.2, -0.15) is 0 Å². The number of carbonyl (C=O) groups excluding carboxylic acids is 1. The molecule has 0 fully saturated rings. The lowest BCUT2D eigenvalue weighted by molar-refractivity contribution is -0.154. The van der Waals surface area contributed by atoms with E-state index in [2.05, 4.69) is 29.8 Å². The Labute approximate surface area is 185 Å². The second-order valence-corrected chi connectivity index (χ2v) is 10.0. The molecule has 0 aliphatic rings. The van der Waals surface area contributed by atoms with Crippen molar-refractivity contribution in [1.82, 2.24) is 0 Å². The molecule has 0 N–H and O–H groups in total. The molecule has 0 amide bonds. The topological polar surface area (TPSA) is 26.3 Å². The molecule has 0 heterocycles. The van der Waals surface area contributed by atoms with E-state index in [0.29, 0.717) is 6.61 Å². The minimum Gasteiger partial charge on any atom is -0.465 e. The van der Waals surface area contributed by atoms with Crippen LogP contribution in [0.3, 0.4) is 0 Å². The van der Waals surface area contributed by atoms with Crippen LogP contribution in [0.25, 0.3) is 0 Å². The van der Waals surface area contributed by atoms with Gasteiger partial charge in [-0.25, -0.2) is 0 Å². The maximum Gasteiger partial charge on any atom is 0.311 e. The highest BCUT2D eigenvalue weighted by Gasteiger charge is 2.28. The molecular weight excluding hydrogens is 412 g/mol. The summed E-state index contributed by atoms with van der Waals surface area (Å²) in [6.07, 6.45) is 20.0. The zero-order valence-electron chi connectivity index (χ0n) is 19.5. The van der Waals surface area contributed by atoms with Gasteiger partial charge in [0.1, 0.15) is 0 Å². The van der Waals surface area contributed by atoms with Crippen molar-refractivity contribution in [2.45, 2.75) is 130 Å². The SMILES string of the molecule is CCCCCCC(CCCCCC)CCOC(=O)C(C)(C)CCCCCCBr. The van der Waals surface area contributed by atoms with Crippen LogP contribution in [0.15, 0.2) is 0 Å². The summed E-state index contributed by atoms with van der Waals surface area (Å²) in [4.78, 5) is 12.5. The highest BCUT2D eigenvalue weighted by atomic mass is 79.9. The Hall–Kier alpha value is -0.0500. The van der Waals surface area contributed by atoms with Crippen LogP contribution in [-0.4, -0.2) is 17.9 Å². The van der Waals surface area contributed by atoms with Gasteiger partial charge >= 0.3 is 5.97 Å². The lowest BCUT2D eigenvalue weighted by Gasteiger charge is -2.23. The zero-order chi connectivity index (χ0) is 21.1. The van der Waals surface area contributed by atoms with Crippen molar-refractivity contribution in [2.24, 2.45) is 11.3 Å². The molecule has 0 unspecified atom stereocenters. The van der Waals surface area contributed by atoms with Gasteiger partial charge in [-0.1, -0.05) is 113 Å². The van der Waals surface area contributed by atoms with Gasteiger partial charge in [-0.3, -0.25) is 4.79 Å². The summed E-state index contributed by atoms with van der Waals surface area (Å²) in [5.41, 5.74) is -0.341. The highest BCUT2D eigenvalue weighted by molar-refractivity contribution is 9.09. The van der Waals surface area contributed by atoms with Gasteiger partial charge in [0.25, 0.3) is 0 Å². The predicted molar refractivity (Wildman–Crippen MR) is 127 cm³/mol. The van der Waals surface area contributed by atoms with E-state index >= 15 is 0 Å². The van der Waals surface area contributed by atoms with Crippen LogP contribution in [0.5, 0.6) is 0 Å². The number of ether oxygens (including phenoxy) is 1. The molecule has 0 saturated carbocycles. The molecule has 0 radical (unpaired) electrons. The predicted octanol–water partition coefficient (Wildman–Crippen LogP) is 8.85. The molecule has 168 valence electrons. The van der Waals surface area contributed by atoms with Crippen molar-refractivity contribution in [3.8, 4) is 0 Å². The van der Waals surface area contributed by atoms with E-state index in [1.807, 2.05) is 13.8 Å². The summed E-state index contributed by atoms with van der Waals surface area (Å²) in [5, 5.41) is 1.08. The number of halogens is 1. The fourth-order valence-corrected chi connectivity index (χ4v) is 4.18. The number of hydrogen-bond acceptors (Lipinski definition) is 2. The third-order valence-corrected chi connectivity index (χ3v) is 6.49. The van der Waals surface area contributed by atoms with Crippen LogP contribution >= 0.6 is 15.9 Å². The first kappa shape index (κ1) is 27.9. The summed E-state index contributed by atoms with van der Waals surface area (Å²) in [7, 11) is 0. The third-order valence-electron chi connectivity index (χ3n) is 5.93. The monoisotopic (exact) mass is 460 g/mol. The van der Waals surface area contributed by atoms with Gasteiger partial charge in [0, 0.05) is 5.33 Å². The molecule has 0 aliphatic heterocycles. The van der Waals surface area contributed by atoms with E-state index in [9.17, 15) is 4.79 Å².